The second kappa shape index (κ2) is 5.38. The van der Waals surface area contributed by atoms with Gasteiger partial charge in [0.2, 0.25) is 0 Å². The highest BCUT2D eigenvalue weighted by Gasteiger charge is 2.23. The summed E-state index contributed by atoms with van der Waals surface area (Å²) >= 11 is 6.12. The summed E-state index contributed by atoms with van der Waals surface area (Å²) in [7, 11) is 0. The van der Waals surface area contributed by atoms with E-state index in [2.05, 4.69) is 13.0 Å². The molecule has 1 aromatic rings. The molecule has 0 radical (unpaired) electrons. The number of nitrogens with two attached hydrogens (primary N) is 1. The number of benzene rings is 1. The second-order valence-corrected chi connectivity index (χ2v) is 5.34. The van der Waals surface area contributed by atoms with Gasteiger partial charge in [-0.2, -0.15) is 0 Å². The summed E-state index contributed by atoms with van der Waals surface area (Å²) in [5.41, 5.74) is 9.93. The van der Waals surface area contributed by atoms with Crippen LogP contribution in [0.2, 0.25) is 5.02 Å². The average Bonchev–Trinajstić information content (AvgIpc) is 2.34. The first-order valence-corrected chi connectivity index (χ1v) is 6.57. The quantitative estimate of drug-likeness (QED) is 0.877. The van der Waals surface area contributed by atoms with Crippen molar-refractivity contribution < 1.29 is 4.74 Å². The molecule has 1 saturated heterocycles. The predicted octanol–water partition coefficient (Wildman–Crippen LogP) is 3.38. The summed E-state index contributed by atoms with van der Waals surface area (Å²) in [6.07, 6.45) is 2.12. The maximum atomic E-state index is 6.39. The van der Waals surface area contributed by atoms with E-state index in [4.69, 9.17) is 22.1 Å². The number of halogens is 1. The van der Waals surface area contributed by atoms with Gasteiger partial charge in [-0.15, -0.1) is 0 Å². The van der Waals surface area contributed by atoms with Gasteiger partial charge in [0.15, 0.2) is 0 Å². The van der Waals surface area contributed by atoms with E-state index in [-0.39, 0.29) is 6.04 Å². The van der Waals surface area contributed by atoms with Crippen molar-refractivity contribution in [1.82, 2.24) is 0 Å². The van der Waals surface area contributed by atoms with Crippen molar-refractivity contribution in [1.29, 1.82) is 0 Å². The molecule has 1 heterocycles. The number of hydrogen-bond donors (Lipinski definition) is 1. The van der Waals surface area contributed by atoms with Crippen molar-refractivity contribution >= 4 is 11.6 Å². The van der Waals surface area contributed by atoms with Crippen LogP contribution in [0.4, 0.5) is 0 Å². The van der Waals surface area contributed by atoms with E-state index in [1.165, 1.54) is 11.1 Å². The molecule has 0 bridgehead atoms. The molecule has 1 aliphatic rings. The zero-order chi connectivity index (χ0) is 12.4. The summed E-state index contributed by atoms with van der Waals surface area (Å²) in [5.74, 6) is 0.531. The maximum Gasteiger partial charge on any atom is 0.0469 e. The lowest BCUT2D eigenvalue weighted by atomic mass is 9.85. The standard InChI is InChI=1S/C14H20ClNO/c1-9-8-13(15)10(2)7-12(9)14(16)11-3-5-17-6-4-11/h7-8,11,14H,3-6,16H2,1-2H3. The summed E-state index contributed by atoms with van der Waals surface area (Å²) in [6, 6.07) is 4.26. The van der Waals surface area contributed by atoms with Gasteiger partial charge in [-0.1, -0.05) is 17.7 Å². The molecule has 0 amide bonds. The predicted molar refractivity (Wildman–Crippen MR) is 71.4 cm³/mol. The SMILES string of the molecule is Cc1cc(C(N)C2CCOCC2)c(C)cc1Cl. The minimum absolute atomic E-state index is 0.106. The van der Waals surface area contributed by atoms with Crippen LogP contribution in [-0.2, 0) is 4.74 Å². The highest BCUT2D eigenvalue weighted by Crippen LogP contribution is 2.32. The topological polar surface area (TPSA) is 35.2 Å². The van der Waals surface area contributed by atoms with Crippen molar-refractivity contribution in [3.05, 3.63) is 33.8 Å². The van der Waals surface area contributed by atoms with Crippen LogP contribution in [0, 0.1) is 19.8 Å². The third-order valence-corrected chi connectivity index (χ3v) is 4.09. The monoisotopic (exact) mass is 253 g/mol. The lowest BCUT2D eigenvalue weighted by molar-refractivity contribution is 0.0583. The number of hydrogen-bond acceptors (Lipinski definition) is 2. The largest absolute Gasteiger partial charge is 0.381 e. The van der Waals surface area contributed by atoms with Crippen LogP contribution in [-0.4, -0.2) is 13.2 Å². The van der Waals surface area contributed by atoms with Crippen molar-refractivity contribution in [3.63, 3.8) is 0 Å². The number of ether oxygens (including phenoxy) is 1. The molecular weight excluding hydrogens is 234 g/mol. The minimum atomic E-state index is 0.106. The van der Waals surface area contributed by atoms with E-state index >= 15 is 0 Å². The molecule has 1 aliphatic heterocycles. The minimum Gasteiger partial charge on any atom is -0.381 e. The normalized spacial score (nSPS) is 19.3. The third kappa shape index (κ3) is 2.82. The van der Waals surface area contributed by atoms with Gasteiger partial charge in [-0.05, 0) is 55.4 Å². The number of rotatable bonds is 2. The summed E-state index contributed by atoms with van der Waals surface area (Å²) in [4.78, 5) is 0. The first kappa shape index (κ1) is 12.9. The first-order chi connectivity index (χ1) is 8.09. The smallest absolute Gasteiger partial charge is 0.0469 e. The molecule has 94 valence electrons. The fraction of sp³-hybridized carbons (Fsp3) is 0.571. The molecular formula is C14H20ClNO. The summed E-state index contributed by atoms with van der Waals surface area (Å²) < 4.78 is 5.38. The fourth-order valence-corrected chi connectivity index (χ4v) is 2.71. The Balaban J connectivity index is 2.23. The highest BCUT2D eigenvalue weighted by molar-refractivity contribution is 6.31. The molecule has 1 atom stereocenters. The van der Waals surface area contributed by atoms with Gasteiger partial charge in [0, 0.05) is 24.3 Å². The van der Waals surface area contributed by atoms with Gasteiger partial charge in [0.25, 0.3) is 0 Å². The van der Waals surface area contributed by atoms with Crippen LogP contribution in [0.5, 0.6) is 0 Å². The van der Waals surface area contributed by atoms with Crippen molar-refractivity contribution in [2.24, 2.45) is 11.7 Å². The lowest BCUT2D eigenvalue weighted by Crippen LogP contribution is -2.28. The Morgan fingerprint density at radius 1 is 1.24 bits per heavy atom. The lowest BCUT2D eigenvalue weighted by Gasteiger charge is -2.29. The van der Waals surface area contributed by atoms with Gasteiger partial charge in [-0.25, -0.2) is 0 Å². The van der Waals surface area contributed by atoms with E-state index in [1.54, 1.807) is 0 Å². The van der Waals surface area contributed by atoms with Crippen molar-refractivity contribution in [2.45, 2.75) is 32.7 Å². The Morgan fingerprint density at radius 3 is 2.53 bits per heavy atom. The van der Waals surface area contributed by atoms with Crippen LogP contribution in [0.1, 0.15) is 35.6 Å². The van der Waals surface area contributed by atoms with Gasteiger partial charge in [-0.3, -0.25) is 0 Å². The molecule has 0 spiro atoms. The van der Waals surface area contributed by atoms with Crippen molar-refractivity contribution in [2.75, 3.05) is 13.2 Å². The number of aryl methyl sites for hydroxylation is 2. The summed E-state index contributed by atoms with van der Waals surface area (Å²) in [5, 5.41) is 0.824. The second-order valence-electron chi connectivity index (χ2n) is 4.93. The molecule has 1 fully saturated rings. The Kier molecular flexibility index (Phi) is 4.08. The Labute approximate surface area is 108 Å². The summed E-state index contributed by atoms with van der Waals surface area (Å²) in [6.45, 7) is 5.79. The molecule has 2 rings (SSSR count). The highest BCUT2D eigenvalue weighted by atomic mass is 35.5. The molecule has 2 nitrogen and oxygen atoms in total. The molecule has 0 saturated carbocycles. The van der Waals surface area contributed by atoms with Crippen LogP contribution >= 0.6 is 11.6 Å². The van der Waals surface area contributed by atoms with Gasteiger partial charge < -0.3 is 10.5 Å². The average molecular weight is 254 g/mol. The van der Waals surface area contributed by atoms with Gasteiger partial charge in [0.05, 0.1) is 0 Å². The van der Waals surface area contributed by atoms with Crippen LogP contribution in [0.15, 0.2) is 12.1 Å². The van der Waals surface area contributed by atoms with Gasteiger partial charge in [0.1, 0.15) is 0 Å². The van der Waals surface area contributed by atoms with Crippen LogP contribution in [0.3, 0.4) is 0 Å². The van der Waals surface area contributed by atoms with E-state index in [1.807, 2.05) is 13.0 Å². The zero-order valence-electron chi connectivity index (χ0n) is 10.5. The van der Waals surface area contributed by atoms with Gasteiger partial charge >= 0.3 is 0 Å². The first-order valence-electron chi connectivity index (χ1n) is 6.19. The molecule has 0 aliphatic carbocycles. The van der Waals surface area contributed by atoms with E-state index in [0.29, 0.717) is 5.92 Å². The molecule has 3 heteroatoms. The Hall–Kier alpha value is -0.570. The fourth-order valence-electron chi connectivity index (χ4n) is 2.49. The van der Waals surface area contributed by atoms with Crippen LogP contribution < -0.4 is 5.73 Å². The Bertz CT molecular complexity index is 399. The molecule has 0 aromatic heterocycles. The van der Waals surface area contributed by atoms with E-state index < -0.39 is 0 Å². The molecule has 17 heavy (non-hydrogen) atoms. The molecule has 1 aromatic carbocycles. The molecule has 1 unspecified atom stereocenters. The third-order valence-electron chi connectivity index (χ3n) is 3.68. The molecule has 2 N–H and O–H groups in total. The maximum absolute atomic E-state index is 6.39. The van der Waals surface area contributed by atoms with E-state index in [0.717, 1.165) is 36.6 Å². The Morgan fingerprint density at radius 2 is 1.88 bits per heavy atom. The van der Waals surface area contributed by atoms with E-state index in [9.17, 15) is 0 Å². The zero-order valence-corrected chi connectivity index (χ0v) is 11.3. The van der Waals surface area contributed by atoms with Crippen molar-refractivity contribution in [3.8, 4) is 0 Å². The van der Waals surface area contributed by atoms with Crippen LogP contribution in [0.25, 0.3) is 0 Å².